The number of nitrogens with two attached hydrogens (primary N) is 1. The predicted octanol–water partition coefficient (Wildman–Crippen LogP) is 1.31. The van der Waals surface area contributed by atoms with Gasteiger partial charge in [-0.25, -0.2) is 9.18 Å². The van der Waals surface area contributed by atoms with Crippen LogP contribution in [0.5, 0.6) is 0 Å². The second-order valence-corrected chi connectivity index (χ2v) is 3.68. The molecule has 0 atom stereocenters. The number of esters is 1. The van der Waals surface area contributed by atoms with Gasteiger partial charge < -0.3 is 10.5 Å². The minimum atomic E-state index is -0.777. The second-order valence-electron chi connectivity index (χ2n) is 3.68. The van der Waals surface area contributed by atoms with E-state index < -0.39 is 24.2 Å². The van der Waals surface area contributed by atoms with Crippen molar-refractivity contribution in [3.63, 3.8) is 0 Å². The molecule has 0 heterocycles. The van der Waals surface area contributed by atoms with Crippen LogP contribution in [0, 0.1) is 17.1 Å². The van der Waals surface area contributed by atoms with E-state index in [0.717, 1.165) is 12.1 Å². The Morgan fingerprint density at radius 3 is 2.42 bits per heavy atom. The van der Waals surface area contributed by atoms with Crippen LogP contribution in [0.25, 0.3) is 0 Å². The average molecular weight is 262 g/mol. The summed E-state index contributed by atoms with van der Waals surface area (Å²) in [5.41, 5.74) is 5.27. The van der Waals surface area contributed by atoms with Crippen LogP contribution in [0.1, 0.15) is 17.3 Å². The zero-order chi connectivity index (χ0) is 14.4. The van der Waals surface area contributed by atoms with Crippen LogP contribution >= 0.6 is 0 Å². The molecule has 98 valence electrons. The SMILES string of the molecule is C/C(N)=C(/C#N)C(=O)COC(=O)c1ccc(F)cc1. The fraction of sp³-hybridized carbons (Fsp3) is 0.154. The highest BCUT2D eigenvalue weighted by molar-refractivity contribution is 6.02. The van der Waals surface area contributed by atoms with Gasteiger partial charge in [-0.3, -0.25) is 4.79 Å². The maximum absolute atomic E-state index is 12.6. The van der Waals surface area contributed by atoms with Crippen molar-refractivity contribution >= 4 is 11.8 Å². The van der Waals surface area contributed by atoms with Gasteiger partial charge in [0.05, 0.1) is 5.56 Å². The number of carbonyl (C=O) groups is 2. The van der Waals surface area contributed by atoms with Gasteiger partial charge in [-0.2, -0.15) is 5.26 Å². The van der Waals surface area contributed by atoms with Crippen LogP contribution < -0.4 is 5.73 Å². The van der Waals surface area contributed by atoms with Crippen molar-refractivity contribution < 1.29 is 18.7 Å². The molecule has 0 unspecified atom stereocenters. The number of nitriles is 1. The molecular weight excluding hydrogens is 251 g/mol. The molecule has 1 rings (SSSR count). The summed E-state index contributed by atoms with van der Waals surface area (Å²) in [6.07, 6.45) is 0. The molecule has 5 nitrogen and oxygen atoms in total. The first kappa shape index (κ1) is 14.4. The van der Waals surface area contributed by atoms with Gasteiger partial charge in [0.15, 0.2) is 6.61 Å². The molecule has 1 aromatic rings. The molecule has 2 N–H and O–H groups in total. The monoisotopic (exact) mass is 262 g/mol. The van der Waals surface area contributed by atoms with Crippen LogP contribution in [-0.4, -0.2) is 18.4 Å². The lowest BCUT2D eigenvalue weighted by molar-refractivity contribution is -0.118. The second kappa shape index (κ2) is 6.31. The summed E-state index contributed by atoms with van der Waals surface area (Å²) in [6.45, 7) is 0.811. The number of allylic oxidation sites excluding steroid dienone is 1. The Balaban J connectivity index is 2.66. The lowest BCUT2D eigenvalue weighted by Gasteiger charge is -2.04. The first-order valence-corrected chi connectivity index (χ1v) is 5.28. The Morgan fingerprint density at radius 2 is 1.95 bits per heavy atom. The number of hydrogen-bond acceptors (Lipinski definition) is 5. The Labute approximate surface area is 109 Å². The Kier molecular flexibility index (Phi) is 4.77. The van der Waals surface area contributed by atoms with Gasteiger partial charge in [-0.05, 0) is 31.2 Å². The Morgan fingerprint density at radius 1 is 1.37 bits per heavy atom. The molecule has 0 aromatic heterocycles. The van der Waals surface area contributed by atoms with E-state index >= 15 is 0 Å². The summed E-state index contributed by atoms with van der Waals surface area (Å²) in [5, 5.41) is 8.69. The summed E-state index contributed by atoms with van der Waals surface area (Å²) in [5.74, 6) is -1.95. The third kappa shape index (κ3) is 3.92. The van der Waals surface area contributed by atoms with Crippen molar-refractivity contribution in [2.45, 2.75) is 6.92 Å². The highest BCUT2D eigenvalue weighted by Gasteiger charge is 2.15. The summed E-state index contributed by atoms with van der Waals surface area (Å²) in [6, 6.07) is 6.30. The highest BCUT2D eigenvalue weighted by atomic mass is 19.1. The molecule has 0 spiro atoms. The summed E-state index contributed by atoms with van der Waals surface area (Å²) >= 11 is 0. The van der Waals surface area contributed by atoms with E-state index in [2.05, 4.69) is 0 Å². The van der Waals surface area contributed by atoms with E-state index in [0.29, 0.717) is 0 Å². The molecule has 0 aliphatic heterocycles. The summed E-state index contributed by atoms with van der Waals surface area (Å²) in [4.78, 5) is 23.0. The fourth-order valence-corrected chi connectivity index (χ4v) is 1.24. The maximum Gasteiger partial charge on any atom is 0.338 e. The van der Waals surface area contributed by atoms with Crippen molar-refractivity contribution in [2.75, 3.05) is 6.61 Å². The number of nitrogens with zero attached hydrogens (tertiary/aromatic N) is 1. The fourth-order valence-electron chi connectivity index (χ4n) is 1.24. The number of benzene rings is 1. The molecule has 0 saturated carbocycles. The molecule has 0 aliphatic carbocycles. The van der Waals surface area contributed by atoms with Crippen LogP contribution in [0.3, 0.4) is 0 Å². The first-order chi connectivity index (χ1) is 8.95. The van der Waals surface area contributed by atoms with E-state index in [9.17, 15) is 14.0 Å². The number of carbonyl (C=O) groups excluding carboxylic acids is 2. The van der Waals surface area contributed by atoms with Gasteiger partial charge >= 0.3 is 5.97 Å². The van der Waals surface area contributed by atoms with E-state index in [-0.39, 0.29) is 16.8 Å². The number of rotatable bonds is 4. The number of ketones is 1. The number of halogens is 1. The van der Waals surface area contributed by atoms with Crippen LogP contribution in [0.4, 0.5) is 4.39 Å². The van der Waals surface area contributed by atoms with Crippen molar-refractivity contribution in [1.82, 2.24) is 0 Å². The summed E-state index contributed by atoms with van der Waals surface area (Å²) < 4.78 is 17.4. The molecule has 0 radical (unpaired) electrons. The lowest BCUT2D eigenvalue weighted by Crippen LogP contribution is -2.17. The lowest BCUT2D eigenvalue weighted by atomic mass is 10.1. The van der Waals surface area contributed by atoms with Crippen LogP contribution in [-0.2, 0) is 9.53 Å². The first-order valence-electron chi connectivity index (χ1n) is 5.28. The van der Waals surface area contributed by atoms with Crippen molar-refractivity contribution in [3.8, 4) is 6.07 Å². The van der Waals surface area contributed by atoms with Crippen molar-refractivity contribution in [2.24, 2.45) is 5.73 Å². The van der Waals surface area contributed by atoms with Crippen LogP contribution in [0.15, 0.2) is 35.5 Å². The molecule has 0 bridgehead atoms. The van der Waals surface area contributed by atoms with E-state index in [1.807, 2.05) is 0 Å². The molecule has 1 aromatic carbocycles. The number of ether oxygens (including phenoxy) is 1. The van der Waals surface area contributed by atoms with E-state index in [1.165, 1.54) is 19.1 Å². The smallest absolute Gasteiger partial charge is 0.338 e. The molecule has 0 aliphatic rings. The van der Waals surface area contributed by atoms with E-state index in [1.54, 1.807) is 6.07 Å². The van der Waals surface area contributed by atoms with Gasteiger partial charge in [0, 0.05) is 5.70 Å². The molecular formula is C13H11FN2O3. The third-order valence-electron chi connectivity index (χ3n) is 2.20. The third-order valence-corrected chi connectivity index (χ3v) is 2.20. The predicted molar refractivity (Wildman–Crippen MR) is 64.2 cm³/mol. The average Bonchev–Trinajstić information content (AvgIpc) is 2.37. The molecule has 0 saturated heterocycles. The maximum atomic E-state index is 12.6. The number of Topliss-reactive ketones (excluding diaryl/α,β-unsaturated/α-hetero) is 1. The van der Waals surface area contributed by atoms with Crippen molar-refractivity contribution in [3.05, 3.63) is 46.9 Å². The van der Waals surface area contributed by atoms with Gasteiger partial charge in [0.2, 0.25) is 5.78 Å². The van der Waals surface area contributed by atoms with Gasteiger partial charge in [-0.1, -0.05) is 0 Å². The minimum Gasteiger partial charge on any atom is -0.454 e. The Hall–Kier alpha value is -2.68. The van der Waals surface area contributed by atoms with Crippen LogP contribution in [0.2, 0.25) is 0 Å². The highest BCUT2D eigenvalue weighted by Crippen LogP contribution is 2.06. The summed E-state index contributed by atoms with van der Waals surface area (Å²) in [7, 11) is 0. The van der Waals surface area contributed by atoms with Gasteiger partial charge in [0.25, 0.3) is 0 Å². The molecule has 0 fully saturated rings. The molecule has 19 heavy (non-hydrogen) atoms. The zero-order valence-electron chi connectivity index (χ0n) is 10.1. The molecule has 0 amide bonds. The zero-order valence-corrected chi connectivity index (χ0v) is 10.1. The largest absolute Gasteiger partial charge is 0.454 e. The minimum absolute atomic E-state index is 0.0605. The quantitative estimate of drug-likeness (QED) is 0.501. The number of hydrogen-bond donors (Lipinski definition) is 1. The van der Waals surface area contributed by atoms with E-state index in [4.69, 9.17) is 15.7 Å². The van der Waals surface area contributed by atoms with Gasteiger partial charge in [-0.15, -0.1) is 0 Å². The van der Waals surface area contributed by atoms with Gasteiger partial charge in [0.1, 0.15) is 17.5 Å². The normalized spacial score (nSPS) is 11.2. The Bertz CT molecular complexity index is 567. The van der Waals surface area contributed by atoms with Crippen molar-refractivity contribution in [1.29, 1.82) is 5.26 Å². The standard InChI is InChI=1S/C13H11FN2O3/c1-8(16)11(6-15)12(17)7-19-13(18)9-2-4-10(14)5-3-9/h2-5H,7,16H2,1H3/b11-8+. The molecule has 6 heteroatoms. The topological polar surface area (TPSA) is 93.2 Å².